The van der Waals surface area contributed by atoms with Crippen molar-refractivity contribution < 1.29 is 9.90 Å². The SMILES string of the molecule is CC(=S)C(Cc1cc(CC(=O)O)ccc1Cl)c1ncc[nH]1. The zero-order valence-corrected chi connectivity index (χ0v) is 13.0. The normalized spacial score (nSPS) is 12.1. The molecule has 0 amide bonds. The smallest absolute Gasteiger partial charge is 0.307 e. The second kappa shape index (κ2) is 6.83. The van der Waals surface area contributed by atoms with E-state index < -0.39 is 5.97 Å². The zero-order valence-electron chi connectivity index (χ0n) is 11.5. The molecule has 0 spiro atoms. The van der Waals surface area contributed by atoms with Crippen LogP contribution in [0.4, 0.5) is 0 Å². The fraction of sp³-hybridized carbons (Fsp3) is 0.267. The number of hydrogen-bond acceptors (Lipinski definition) is 3. The van der Waals surface area contributed by atoms with Crippen molar-refractivity contribution in [2.24, 2.45) is 0 Å². The van der Waals surface area contributed by atoms with Crippen LogP contribution < -0.4 is 0 Å². The number of halogens is 1. The van der Waals surface area contributed by atoms with E-state index >= 15 is 0 Å². The molecule has 2 rings (SSSR count). The van der Waals surface area contributed by atoms with Crippen LogP contribution in [0.2, 0.25) is 5.02 Å². The van der Waals surface area contributed by atoms with E-state index in [2.05, 4.69) is 9.97 Å². The van der Waals surface area contributed by atoms with Gasteiger partial charge in [-0.1, -0.05) is 36.0 Å². The minimum atomic E-state index is -0.864. The highest BCUT2D eigenvalue weighted by Gasteiger charge is 2.18. The standard InChI is InChI=1S/C15H15ClN2O2S/c1-9(21)12(15-17-4-5-18-15)8-11-6-10(7-14(19)20)2-3-13(11)16/h2-6,12H,7-8H2,1H3,(H,17,18)(H,19,20). The topological polar surface area (TPSA) is 66.0 Å². The molecule has 0 saturated carbocycles. The van der Waals surface area contributed by atoms with Gasteiger partial charge < -0.3 is 10.1 Å². The van der Waals surface area contributed by atoms with Gasteiger partial charge in [-0.15, -0.1) is 0 Å². The number of benzene rings is 1. The fourth-order valence-electron chi connectivity index (χ4n) is 2.19. The van der Waals surface area contributed by atoms with E-state index in [1.54, 1.807) is 24.5 Å². The highest BCUT2D eigenvalue weighted by Crippen LogP contribution is 2.26. The molecule has 0 aliphatic rings. The number of carbonyl (C=O) groups is 1. The first-order chi connectivity index (χ1) is 9.97. The van der Waals surface area contributed by atoms with Gasteiger partial charge in [-0.25, -0.2) is 4.98 Å². The molecule has 2 N–H and O–H groups in total. The van der Waals surface area contributed by atoms with Crippen molar-refractivity contribution in [3.05, 3.63) is 52.6 Å². The van der Waals surface area contributed by atoms with Gasteiger partial charge in [-0.05, 0) is 30.5 Å². The van der Waals surface area contributed by atoms with Gasteiger partial charge in [-0.3, -0.25) is 4.79 Å². The van der Waals surface area contributed by atoms with Crippen LogP contribution in [0.3, 0.4) is 0 Å². The monoisotopic (exact) mass is 322 g/mol. The summed E-state index contributed by atoms with van der Waals surface area (Å²) in [6, 6.07) is 5.28. The maximum absolute atomic E-state index is 10.8. The highest BCUT2D eigenvalue weighted by molar-refractivity contribution is 7.80. The van der Waals surface area contributed by atoms with Gasteiger partial charge in [0.1, 0.15) is 5.82 Å². The lowest BCUT2D eigenvalue weighted by Crippen LogP contribution is -2.13. The third-order valence-corrected chi connectivity index (χ3v) is 3.88. The number of carboxylic acid groups (broad SMARTS) is 1. The third-order valence-electron chi connectivity index (χ3n) is 3.23. The van der Waals surface area contributed by atoms with Crippen molar-refractivity contribution in [3.8, 4) is 0 Å². The molecule has 1 heterocycles. The van der Waals surface area contributed by atoms with Gasteiger partial charge in [-0.2, -0.15) is 0 Å². The number of imidazole rings is 1. The van der Waals surface area contributed by atoms with Crippen molar-refractivity contribution in [2.45, 2.75) is 25.7 Å². The average molecular weight is 323 g/mol. The summed E-state index contributed by atoms with van der Waals surface area (Å²) >= 11 is 11.5. The average Bonchev–Trinajstić information content (AvgIpc) is 2.92. The first-order valence-corrected chi connectivity index (χ1v) is 7.25. The quantitative estimate of drug-likeness (QED) is 0.800. The van der Waals surface area contributed by atoms with E-state index in [0.29, 0.717) is 11.4 Å². The molecule has 0 saturated heterocycles. The minimum Gasteiger partial charge on any atom is -0.481 e. The minimum absolute atomic E-state index is 0.0217. The lowest BCUT2D eigenvalue weighted by molar-refractivity contribution is -0.136. The predicted molar refractivity (Wildman–Crippen MR) is 86.1 cm³/mol. The first kappa shape index (κ1) is 15.7. The molecular formula is C15H15ClN2O2S. The largest absolute Gasteiger partial charge is 0.481 e. The van der Waals surface area contributed by atoms with Gasteiger partial charge in [0.05, 0.1) is 12.3 Å². The molecule has 0 radical (unpaired) electrons. The predicted octanol–water partition coefficient (Wildman–Crippen LogP) is 3.41. The van der Waals surface area contributed by atoms with Crippen LogP contribution in [0, 0.1) is 0 Å². The molecule has 0 fully saturated rings. The number of aliphatic carboxylic acids is 1. The Hall–Kier alpha value is -1.72. The summed E-state index contributed by atoms with van der Waals surface area (Å²) in [7, 11) is 0. The molecule has 1 aromatic carbocycles. The Morgan fingerprint density at radius 2 is 2.29 bits per heavy atom. The summed E-state index contributed by atoms with van der Waals surface area (Å²) < 4.78 is 0. The Morgan fingerprint density at radius 3 is 2.86 bits per heavy atom. The van der Waals surface area contributed by atoms with Gasteiger partial charge >= 0.3 is 5.97 Å². The number of nitrogens with zero attached hydrogens (tertiary/aromatic N) is 1. The van der Waals surface area contributed by atoms with Crippen molar-refractivity contribution >= 4 is 34.7 Å². The molecule has 1 unspecified atom stereocenters. The maximum Gasteiger partial charge on any atom is 0.307 e. The molecule has 1 atom stereocenters. The Labute approximate surface area is 133 Å². The summed E-state index contributed by atoms with van der Waals surface area (Å²) in [5.41, 5.74) is 1.60. The molecule has 4 nitrogen and oxygen atoms in total. The number of aromatic amines is 1. The van der Waals surface area contributed by atoms with Gasteiger partial charge in [0.25, 0.3) is 0 Å². The number of aromatic nitrogens is 2. The van der Waals surface area contributed by atoms with E-state index in [9.17, 15) is 4.79 Å². The number of carboxylic acids is 1. The van der Waals surface area contributed by atoms with Gasteiger partial charge in [0.15, 0.2) is 0 Å². The number of thiocarbonyl (C=S) groups is 1. The zero-order chi connectivity index (χ0) is 15.4. The van der Waals surface area contributed by atoms with Crippen molar-refractivity contribution in [1.29, 1.82) is 0 Å². The molecule has 6 heteroatoms. The molecule has 21 heavy (non-hydrogen) atoms. The fourth-order valence-corrected chi connectivity index (χ4v) is 2.58. The lowest BCUT2D eigenvalue weighted by Gasteiger charge is -2.15. The van der Waals surface area contributed by atoms with E-state index in [0.717, 1.165) is 21.8 Å². The number of hydrogen-bond donors (Lipinski definition) is 2. The molecular weight excluding hydrogens is 308 g/mol. The molecule has 1 aromatic heterocycles. The first-order valence-electron chi connectivity index (χ1n) is 6.46. The number of H-pyrrole nitrogens is 1. The van der Waals surface area contributed by atoms with Crippen LogP contribution in [0.5, 0.6) is 0 Å². The van der Waals surface area contributed by atoms with Crippen LogP contribution in [-0.2, 0) is 17.6 Å². The van der Waals surface area contributed by atoms with Crippen LogP contribution >= 0.6 is 23.8 Å². The van der Waals surface area contributed by atoms with Crippen molar-refractivity contribution in [1.82, 2.24) is 9.97 Å². The van der Waals surface area contributed by atoms with Crippen LogP contribution in [0.25, 0.3) is 0 Å². The van der Waals surface area contributed by atoms with Gasteiger partial charge in [0, 0.05) is 22.3 Å². The molecule has 110 valence electrons. The van der Waals surface area contributed by atoms with Crippen molar-refractivity contribution in [3.63, 3.8) is 0 Å². The molecule has 0 bridgehead atoms. The lowest BCUT2D eigenvalue weighted by atomic mass is 9.94. The number of nitrogens with one attached hydrogen (secondary N) is 1. The maximum atomic E-state index is 10.8. The van der Waals surface area contributed by atoms with Crippen LogP contribution in [0.15, 0.2) is 30.6 Å². The molecule has 0 aliphatic heterocycles. The second-order valence-electron chi connectivity index (χ2n) is 4.84. The van der Waals surface area contributed by atoms with Crippen LogP contribution in [0.1, 0.15) is 29.8 Å². The van der Waals surface area contributed by atoms with E-state index in [-0.39, 0.29) is 12.3 Å². The van der Waals surface area contributed by atoms with Crippen molar-refractivity contribution in [2.75, 3.05) is 0 Å². The summed E-state index contributed by atoms with van der Waals surface area (Å²) in [6.07, 6.45) is 4.01. The summed E-state index contributed by atoms with van der Waals surface area (Å²) in [5.74, 6) is -0.119. The summed E-state index contributed by atoms with van der Waals surface area (Å²) in [5, 5.41) is 9.49. The van der Waals surface area contributed by atoms with Crippen LogP contribution in [-0.4, -0.2) is 25.9 Å². The van der Waals surface area contributed by atoms with E-state index in [1.165, 1.54) is 0 Å². The highest BCUT2D eigenvalue weighted by atomic mass is 35.5. The number of rotatable bonds is 6. The molecule has 0 aliphatic carbocycles. The molecule has 2 aromatic rings. The second-order valence-corrected chi connectivity index (χ2v) is 5.89. The van der Waals surface area contributed by atoms with Gasteiger partial charge in [0.2, 0.25) is 0 Å². The summed E-state index contributed by atoms with van der Waals surface area (Å²) in [4.78, 5) is 18.9. The summed E-state index contributed by atoms with van der Waals surface area (Å²) in [6.45, 7) is 1.87. The Bertz CT molecular complexity index is 656. The third kappa shape index (κ3) is 4.12. The Morgan fingerprint density at radius 1 is 1.52 bits per heavy atom. The van der Waals surface area contributed by atoms with E-state index in [4.69, 9.17) is 28.9 Å². The Kier molecular flexibility index (Phi) is 5.09. The van der Waals surface area contributed by atoms with E-state index in [1.807, 2.05) is 13.0 Å². The Balaban J connectivity index is 2.28.